The molecule has 3 aromatic rings. The summed E-state index contributed by atoms with van der Waals surface area (Å²) in [5.74, 6) is -0.561. The summed E-state index contributed by atoms with van der Waals surface area (Å²) in [6.45, 7) is 1.96. The van der Waals surface area contributed by atoms with Crippen LogP contribution in [0.4, 0.5) is 10.1 Å². The van der Waals surface area contributed by atoms with Crippen LogP contribution in [0.5, 0.6) is 0 Å². The molecule has 0 unspecified atom stereocenters. The van der Waals surface area contributed by atoms with E-state index in [1.54, 1.807) is 12.1 Å². The molecular weight excluding hydrogens is 255 g/mol. The second-order valence-electron chi connectivity index (χ2n) is 4.74. The van der Waals surface area contributed by atoms with Gasteiger partial charge in [0.25, 0.3) is 5.91 Å². The normalized spacial score (nSPS) is 10.7. The lowest BCUT2D eigenvalue weighted by Crippen LogP contribution is -2.12. The van der Waals surface area contributed by atoms with Crippen molar-refractivity contribution < 1.29 is 9.18 Å². The molecule has 1 amide bonds. The van der Waals surface area contributed by atoms with Gasteiger partial charge in [0, 0.05) is 16.6 Å². The Bertz CT molecular complexity index is 792. The van der Waals surface area contributed by atoms with E-state index in [1.165, 1.54) is 12.1 Å². The number of nitrogens with one attached hydrogen (secondary N) is 2. The van der Waals surface area contributed by atoms with E-state index in [2.05, 4.69) is 10.3 Å². The van der Waals surface area contributed by atoms with Crippen molar-refractivity contribution in [2.75, 3.05) is 5.32 Å². The molecule has 0 bridgehead atoms. The standard InChI is InChI=1S/C16H13FN2O/c1-10-3-2-4-13(7-10)18-16(20)15-9-11-8-12(17)5-6-14(11)19-15/h2-9,19H,1H3,(H,18,20). The average Bonchev–Trinajstić information content (AvgIpc) is 2.81. The number of aromatic nitrogens is 1. The van der Waals surface area contributed by atoms with Crippen LogP contribution < -0.4 is 5.32 Å². The molecule has 3 nitrogen and oxygen atoms in total. The molecule has 0 atom stereocenters. The summed E-state index contributed by atoms with van der Waals surface area (Å²) in [5, 5.41) is 3.49. The molecule has 2 aromatic carbocycles. The summed E-state index contributed by atoms with van der Waals surface area (Å²) in [6.07, 6.45) is 0. The van der Waals surface area contributed by atoms with Crippen molar-refractivity contribution in [3.05, 3.63) is 65.6 Å². The average molecular weight is 268 g/mol. The van der Waals surface area contributed by atoms with Crippen molar-refractivity contribution in [2.24, 2.45) is 0 Å². The summed E-state index contributed by atoms with van der Waals surface area (Å²) >= 11 is 0. The van der Waals surface area contributed by atoms with Gasteiger partial charge in [-0.25, -0.2) is 4.39 Å². The predicted molar refractivity (Wildman–Crippen MR) is 77.4 cm³/mol. The number of H-pyrrole nitrogens is 1. The summed E-state index contributed by atoms with van der Waals surface area (Å²) in [4.78, 5) is 15.1. The molecule has 0 radical (unpaired) electrons. The number of hydrogen-bond donors (Lipinski definition) is 2. The number of aryl methyl sites for hydroxylation is 1. The van der Waals surface area contributed by atoms with Gasteiger partial charge in [-0.05, 0) is 48.9 Å². The van der Waals surface area contributed by atoms with Crippen LogP contribution in [0.25, 0.3) is 10.9 Å². The predicted octanol–water partition coefficient (Wildman–Crippen LogP) is 3.87. The fraction of sp³-hybridized carbons (Fsp3) is 0.0625. The van der Waals surface area contributed by atoms with Crippen molar-refractivity contribution in [1.29, 1.82) is 0 Å². The molecule has 2 N–H and O–H groups in total. The number of carbonyl (C=O) groups excluding carboxylic acids is 1. The first kappa shape index (κ1) is 12.4. The van der Waals surface area contributed by atoms with E-state index in [0.29, 0.717) is 11.1 Å². The van der Waals surface area contributed by atoms with E-state index in [0.717, 1.165) is 16.8 Å². The van der Waals surface area contributed by atoms with Crippen molar-refractivity contribution in [3.63, 3.8) is 0 Å². The number of aromatic amines is 1. The van der Waals surface area contributed by atoms with Gasteiger partial charge in [0.05, 0.1) is 0 Å². The van der Waals surface area contributed by atoms with Crippen LogP contribution in [0.1, 0.15) is 16.1 Å². The summed E-state index contributed by atoms with van der Waals surface area (Å²) in [6, 6.07) is 13.6. The topological polar surface area (TPSA) is 44.9 Å². The molecule has 0 spiro atoms. The highest BCUT2D eigenvalue weighted by molar-refractivity contribution is 6.05. The highest BCUT2D eigenvalue weighted by Gasteiger charge is 2.10. The fourth-order valence-electron chi connectivity index (χ4n) is 2.15. The van der Waals surface area contributed by atoms with E-state index in [9.17, 15) is 9.18 Å². The summed E-state index contributed by atoms with van der Waals surface area (Å²) < 4.78 is 13.1. The molecule has 0 aliphatic carbocycles. The Morgan fingerprint density at radius 1 is 1.15 bits per heavy atom. The third-order valence-corrected chi connectivity index (χ3v) is 3.10. The number of fused-ring (bicyclic) bond motifs is 1. The molecular formula is C16H13FN2O. The van der Waals surface area contributed by atoms with Gasteiger partial charge in [0.15, 0.2) is 0 Å². The molecule has 1 aromatic heterocycles. The first-order chi connectivity index (χ1) is 9.61. The Morgan fingerprint density at radius 3 is 2.80 bits per heavy atom. The third kappa shape index (κ3) is 2.40. The Hall–Kier alpha value is -2.62. The van der Waals surface area contributed by atoms with E-state index >= 15 is 0 Å². The van der Waals surface area contributed by atoms with Gasteiger partial charge in [-0.15, -0.1) is 0 Å². The van der Waals surface area contributed by atoms with E-state index in [-0.39, 0.29) is 11.7 Å². The van der Waals surface area contributed by atoms with E-state index in [1.807, 2.05) is 31.2 Å². The minimum absolute atomic E-state index is 0.243. The number of benzene rings is 2. The molecule has 3 rings (SSSR count). The van der Waals surface area contributed by atoms with Gasteiger partial charge >= 0.3 is 0 Å². The monoisotopic (exact) mass is 268 g/mol. The van der Waals surface area contributed by atoms with Crippen LogP contribution in [0.15, 0.2) is 48.5 Å². The molecule has 0 aliphatic heterocycles. The van der Waals surface area contributed by atoms with Crippen molar-refractivity contribution in [1.82, 2.24) is 4.98 Å². The minimum atomic E-state index is -0.317. The van der Waals surface area contributed by atoms with Crippen LogP contribution in [0.2, 0.25) is 0 Å². The lowest BCUT2D eigenvalue weighted by molar-refractivity contribution is 0.102. The van der Waals surface area contributed by atoms with Crippen LogP contribution >= 0.6 is 0 Å². The number of amides is 1. The van der Waals surface area contributed by atoms with Crippen LogP contribution in [-0.4, -0.2) is 10.9 Å². The Morgan fingerprint density at radius 2 is 2.00 bits per heavy atom. The molecule has 4 heteroatoms. The molecule has 0 saturated carbocycles. The lowest BCUT2D eigenvalue weighted by atomic mass is 10.2. The summed E-state index contributed by atoms with van der Waals surface area (Å²) in [7, 11) is 0. The number of halogens is 1. The maximum Gasteiger partial charge on any atom is 0.272 e. The molecule has 0 fully saturated rings. The molecule has 0 saturated heterocycles. The first-order valence-electron chi connectivity index (χ1n) is 6.28. The first-order valence-corrected chi connectivity index (χ1v) is 6.28. The maximum atomic E-state index is 13.1. The largest absolute Gasteiger partial charge is 0.351 e. The Kier molecular flexibility index (Phi) is 2.99. The van der Waals surface area contributed by atoms with Crippen LogP contribution in [0.3, 0.4) is 0 Å². The number of rotatable bonds is 2. The zero-order valence-electron chi connectivity index (χ0n) is 10.9. The van der Waals surface area contributed by atoms with Crippen molar-refractivity contribution >= 4 is 22.5 Å². The second-order valence-corrected chi connectivity index (χ2v) is 4.74. The second kappa shape index (κ2) is 4.81. The van der Waals surface area contributed by atoms with E-state index < -0.39 is 0 Å². The fourth-order valence-corrected chi connectivity index (χ4v) is 2.15. The van der Waals surface area contributed by atoms with Crippen LogP contribution in [-0.2, 0) is 0 Å². The molecule has 0 aliphatic rings. The smallest absolute Gasteiger partial charge is 0.272 e. The molecule has 1 heterocycles. The zero-order chi connectivity index (χ0) is 14.1. The number of hydrogen-bond acceptors (Lipinski definition) is 1. The van der Waals surface area contributed by atoms with Crippen molar-refractivity contribution in [3.8, 4) is 0 Å². The maximum absolute atomic E-state index is 13.1. The molecule has 100 valence electrons. The van der Waals surface area contributed by atoms with Gasteiger partial charge < -0.3 is 10.3 Å². The van der Waals surface area contributed by atoms with Gasteiger partial charge in [0.1, 0.15) is 11.5 Å². The van der Waals surface area contributed by atoms with Gasteiger partial charge in [-0.3, -0.25) is 4.79 Å². The Balaban J connectivity index is 1.88. The summed E-state index contributed by atoms with van der Waals surface area (Å²) in [5.41, 5.74) is 2.95. The SMILES string of the molecule is Cc1cccc(NC(=O)c2cc3cc(F)ccc3[nH]2)c1. The van der Waals surface area contributed by atoms with Gasteiger partial charge in [0.2, 0.25) is 0 Å². The van der Waals surface area contributed by atoms with Crippen molar-refractivity contribution in [2.45, 2.75) is 6.92 Å². The van der Waals surface area contributed by atoms with Gasteiger partial charge in [-0.1, -0.05) is 12.1 Å². The minimum Gasteiger partial charge on any atom is -0.351 e. The van der Waals surface area contributed by atoms with E-state index in [4.69, 9.17) is 0 Å². The highest BCUT2D eigenvalue weighted by atomic mass is 19.1. The lowest BCUT2D eigenvalue weighted by Gasteiger charge is -2.04. The van der Waals surface area contributed by atoms with Gasteiger partial charge in [-0.2, -0.15) is 0 Å². The third-order valence-electron chi connectivity index (χ3n) is 3.10. The number of anilines is 1. The quantitative estimate of drug-likeness (QED) is 0.728. The molecule has 20 heavy (non-hydrogen) atoms. The highest BCUT2D eigenvalue weighted by Crippen LogP contribution is 2.18. The Labute approximate surface area is 115 Å². The van der Waals surface area contributed by atoms with Crippen LogP contribution in [0, 0.1) is 12.7 Å². The number of carbonyl (C=O) groups is 1. The zero-order valence-corrected chi connectivity index (χ0v) is 10.9.